The van der Waals surface area contributed by atoms with E-state index in [0.717, 1.165) is 36.4 Å². The fraction of sp³-hybridized carbons (Fsp3) is 0.0769. The van der Waals surface area contributed by atoms with Crippen LogP contribution in [0.1, 0.15) is 0 Å². The lowest BCUT2D eigenvalue weighted by molar-refractivity contribution is -0.384. The predicted octanol–water partition coefficient (Wildman–Crippen LogP) is 4.30. The van der Waals surface area contributed by atoms with Gasteiger partial charge in [-0.1, -0.05) is 18.2 Å². The van der Waals surface area contributed by atoms with Gasteiger partial charge in [0.05, 0.1) is 10.5 Å². The minimum atomic E-state index is -4.84. The minimum absolute atomic E-state index is 0.0781. The lowest BCUT2D eigenvalue weighted by atomic mass is 10.0. The van der Waals surface area contributed by atoms with Crippen LogP contribution in [0.2, 0.25) is 0 Å². The number of hydrogen-bond donors (Lipinski definition) is 0. The third kappa shape index (κ3) is 3.47. The van der Waals surface area contributed by atoms with Gasteiger partial charge in [-0.15, -0.1) is 13.2 Å². The van der Waals surface area contributed by atoms with Gasteiger partial charge in [-0.2, -0.15) is 0 Å². The molecule has 0 bridgehead atoms. The van der Waals surface area contributed by atoms with Crippen LogP contribution in [0.4, 0.5) is 23.2 Å². The number of nitro groups is 1. The molecule has 4 nitrogen and oxygen atoms in total. The van der Waals surface area contributed by atoms with Gasteiger partial charge in [-0.3, -0.25) is 10.1 Å². The van der Waals surface area contributed by atoms with Crippen LogP contribution in [0.15, 0.2) is 42.5 Å². The van der Waals surface area contributed by atoms with Crippen LogP contribution in [0.25, 0.3) is 11.1 Å². The van der Waals surface area contributed by atoms with Crippen molar-refractivity contribution in [1.82, 2.24) is 0 Å². The van der Waals surface area contributed by atoms with Crippen molar-refractivity contribution in [2.45, 2.75) is 6.36 Å². The second-order valence-electron chi connectivity index (χ2n) is 3.96. The molecule has 0 aliphatic rings. The molecule has 0 aliphatic heterocycles. The minimum Gasteiger partial charge on any atom is -0.406 e. The fourth-order valence-electron chi connectivity index (χ4n) is 1.77. The van der Waals surface area contributed by atoms with Crippen LogP contribution in [-0.2, 0) is 0 Å². The molecule has 0 spiro atoms. The molecule has 0 saturated carbocycles. The van der Waals surface area contributed by atoms with E-state index < -0.39 is 28.5 Å². The molecular weight excluding hydrogens is 294 g/mol. The van der Waals surface area contributed by atoms with Crippen molar-refractivity contribution >= 4 is 5.69 Å². The highest BCUT2D eigenvalue weighted by Crippen LogP contribution is 2.33. The zero-order valence-electron chi connectivity index (χ0n) is 10.2. The molecule has 0 aromatic heterocycles. The highest BCUT2D eigenvalue weighted by Gasteiger charge is 2.31. The van der Waals surface area contributed by atoms with Gasteiger partial charge in [0.2, 0.25) is 0 Å². The molecule has 2 aromatic carbocycles. The Labute approximate surface area is 115 Å². The van der Waals surface area contributed by atoms with E-state index in [1.807, 2.05) is 0 Å². The van der Waals surface area contributed by atoms with Crippen molar-refractivity contribution in [1.29, 1.82) is 0 Å². The topological polar surface area (TPSA) is 52.4 Å². The zero-order chi connectivity index (χ0) is 15.6. The first-order valence-corrected chi connectivity index (χ1v) is 5.57. The second-order valence-corrected chi connectivity index (χ2v) is 3.96. The molecule has 0 atom stereocenters. The fourth-order valence-corrected chi connectivity index (χ4v) is 1.77. The van der Waals surface area contributed by atoms with Crippen molar-refractivity contribution in [2.75, 3.05) is 0 Å². The van der Waals surface area contributed by atoms with E-state index in [1.165, 1.54) is 6.07 Å². The van der Waals surface area contributed by atoms with Gasteiger partial charge < -0.3 is 4.74 Å². The maximum Gasteiger partial charge on any atom is 0.573 e. The largest absolute Gasteiger partial charge is 0.573 e. The van der Waals surface area contributed by atoms with Crippen molar-refractivity contribution < 1.29 is 27.2 Å². The van der Waals surface area contributed by atoms with Crippen LogP contribution in [0.3, 0.4) is 0 Å². The Balaban J connectivity index is 2.42. The number of alkyl halides is 3. The van der Waals surface area contributed by atoms with Crippen molar-refractivity contribution in [3.63, 3.8) is 0 Å². The molecular formula is C13H7F4NO3. The highest BCUT2D eigenvalue weighted by atomic mass is 19.4. The molecule has 0 fully saturated rings. The van der Waals surface area contributed by atoms with Gasteiger partial charge in [0.1, 0.15) is 11.6 Å². The summed E-state index contributed by atoms with van der Waals surface area (Å²) in [5.74, 6) is -1.33. The quantitative estimate of drug-likeness (QED) is 0.482. The van der Waals surface area contributed by atoms with E-state index in [2.05, 4.69) is 4.74 Å². The van der Waals surface area contributed by atoms with Crippen LogP contribution in [-0.4, -0.2) is 11.3 Å². The molecule has 8 heteroatoms. The van der Waals surface area contributed by atoms with Gasteiger partial charge in [0, 0.05) is 6.07 Å². The Bertz CT molecular complexity index is 668. The Morgan fingerprint density at radius 2 is 1.67 bits per heavy atom. The monoisotopic (exact) mass is 301 g/mol. The maximum atomic E-state index is 13.8. The zero-order valence-corrected chi connectivity index (χ0v) is 10.2. The molecule has 0 radical (unpaired) electrons. The number of ether oxygens (including phenoxy) is 1. The van der Waals surface area contributed by atoms with Crippen molar-refractivity contribution in [3.8, 4) is 16.9 Å². The molecule has 0 heterocycles. The third-order valence-corrected chi connectivity index (χ3v) is 2.56. The predicted molar refractivity (Wildman–Crippen MR) is 65.2 cm³/mol. The maximum absolute atomic E-state index is 13.8. The summed E-state index contributed by atoms with van der Waals surface area (Å²) in [5.41, 5.74) is -0.685. The lowest BCUT2D eigenvalue weighted by Gasteiger charge is -2.09. The molecule has 0 saturated heterocycles. The van der Waals surface area contributed by atoms with E-state index in [4.69, 9.17) is 0 Å². The average molecular weight is 301 g/mol. The molecule has 0 aliphatic carbocycles. The Kier molecular flexibility index (Phi) is 3.79. The SMILES string of the molecule is O=[N+]([O-])c1cccc(F)c1-c1ccc(OC(F)(F)F)cc1. The van der Waals surface area contributed by atoms with E-state index in [1.54, 1.807) is 0 Å². The number of nitrogens with zero attached hydrogens (tertiary/aromatic N) is 1. The molecule has 21 heavy (non-hydrogen) atoms. The summed E-state index contributed by atoms with van der Waals surface area (Å²) in [7, 11) is 0. The number of halogens is 4. The van der Waals surface area contributed by atoms with Crippen molar-refractivity contribution in [3.05, 3.63) is 58.4 Å². The lowest BCUT2D eigenvalue weighted by Crippen LogP contribution is -2.16. The van der Waals surface area contributed by atoms with E-state index in [9.17, 15) is 27.7 Å². The first-order valence-electron chi connectivity index (χ1n) is 5.57. The molecule has 0 N–H and O–H groups in total. The summed E-state index contributed by atoms with van der Waals surface area (Å²) in [5, 5.41) is 10.9. The average Bonchev–Trinajstić information content (AvgIpc) is 2.37. The number of benzene rings is 2. The normalized spacial score (nSPS) is 11.2. The number of rotatable bonds is 3. The molecule has 0 unspecified atom stereocenters. The summed E-state index contributed by atoms with van der Waals surface area (Å²) >= 11 is 0. The van der Waals surface area contributed by atoms with E-state index >= 15 is 0 Å². The summed E-state index contributed by atoms with van der Waals surface area (Å²) in [6.07, 6.45) is -4.84. The number of nitro benzene ring substituents is 1. The van der Waals surface area contributed by atoms with E-state index in [0.29, 0.717) is 0 Å². The Hall–Kier alpha value is -2.64. The summed E-state index contributed by atoms with van der Waals surface area (Å²) in [6.45, 7) is 0. The van der Waals surface area contributed by atoms with E-state index in [-0.39, 0.29) is 11.1 Å². The molecule has 110 valence electrons. The van der Waals surface area contributed by atoms with Crippen LogP contribution in [0, 0.1) is 15.9 Å². The summed E-state index contributed by atoms with van der Waals surface area (Å²) < 4.78 is 53.5. The first kappa shape index (κ1) is 14.8. The molecule has 0 amide bonds. The third-order valence-electron chi connectivity index (χ3n) is 2.56. The molecule has 2 aromatic rings. The van der Waals surface area contributed by atoms with Gasteiger partial charge in [0.15, 0.2) is 0 Å². The molecule has 2 rings (SSSR count). The number of hydrogen-bond acceptors (Lipinski definition) is 3. The second kappa shape index (κ2) is 5.39. The van der Waals surface area contributed by atoms with Crippen LogP contribution >= 0.6 is 0 Å². The van der Waals surface area contributed by atoms with Crippen molar-refractivity contribution in [2.24, 2.45) is 0 Å². The Morgan fingerprint density at radius 1 is 1.05 bits per heavy atom. The van der Waals surface area contributed by atoms with Gasteiger partial charge in [-0.05, 0) is 23.8 Å². The standard InChI is InChI=1S/C13H7F4NO3/c14-10-2-1-3-11(18(19)20)12(10)8-4-6-9(7-5-8)21-13(15,16)17/h1-7H. The Morgan fingerprint density at radius 3 is 2.19 bits per heavy atom. The van der Waals surface area contributed by atoms with Gasteiger partial charge in [-0.25, -0.2) is 4.39 Å². The summed E-state index contributed by atoms with van der Waals surface area (Å²) in [6, 6.07) is 7.47. The highest BCUT2D eigenvalue weighted by molar-refractivity contribution is 5.74. The van der Waals surface area contributed by atoms with Crippen LogP contribution in [0.5, 0.6) is 5.75 Å². The smallest absolute Gasteiger partial charge is 0.406 e. The van der Waals surface area contributed by atoms with Gasteiger partial charge in [0.25, 0.3) is 5.69 Å². The first-order chi connectivity index (χ1) is 9.78. The summed E-state index contributed by atoms with van der Waals surface area (Å²) in [4.78, 5) is 10.1. The van der Waals surface area contributed by atoms with Gasteiger partial charge >= 0.3 is 6.36 Å². The van der Waals surface area contributed by atoms with Crippen LogP contribution < -0.4 is 4.74 Å².